The molecule has 4 aromatic rings. The van der Waals surface area contributed by atoms with Crippen molar-refractivity contribution in [2.75, 3.05) is 19.5 Å². The van der Waals surface area contributed by atoms with Crippen molar-refractivity contribution in [3.63, 3.8) is 0 Å². The highest BCUT2D eigenvalue weighted by Crippen LogP contribution is 2.31. The maximum atomic E-state index is 13.0. The first-order valence-corrected chi connectivity index (χ1v) is 10.1. The van der Waals surface area contributed by atoms with Gasteiger partial charge in [0.15, 0.2) is 5.82 Å². The number of alkyl halides is 3. The van der Waals surface area contributed by atoms with Crippen molar-refractivity contribution in [1.82, 2.24) is 14.8 Å². The van der Waals surface area contributed by atoms with E-state index in [1.54, 1.807) is 31.4 Å². The Balaban J connectivity index is 1.58. The second kappa shape index (κ2) is 9.23. The third-order valence-corrected chi connectivity index (χ3v) is 4.98. The van der Waals surface area contributed by atoms with Gasteiger partial charge in [0, 0.05) is 17.7 Å². The van der Waals surface area contributed by atoms with Crippen LogP contribution in [0.3, 0.4) is 0 Å². The first kappa shape index (κ1) is 22.2. The Morgan fingerprint density at radius 2 is 1.58 bits per heavy atom. The van der Waals surface area contributed by atoms with E-state index in [1.165, 1.54) is 16.8 Å². The van der Waals surface area contributed by atoms with Crippen LogP contribution in [0.2, 0.25) is 0 Å². The van der Waals surface area contributed by atoms with E-state index < -0.39 is 11.7 Å². The third kappa shape index (κ3) is 5.25. The van der Waals surface area contributed by atoms with Gasteiger partial charge in [0.25, 0.3) is 0 Å². The summed E-state index contributed by atoms with van der Waals surface area (Å²) in [6.07, 6.45) is -3.80. The highest BCUT2D eigenvalue weighted by molar-refractivity contribution is 5.60. The molecule has 0 aliphatic carbocycles. The fourth-order valence-electron chi connectivity index (χ4n) is 3.20. The lowest BCUT2D eigenvalue weighted by Crippen LogP contribution is -2.05. The molecule has 0 saturated carbocycles. The summed E-state index contributed by atoms with van der Waals surface area (Å²) in [5.74, 6) is 1.12. The minimum absolute atomic E-state index is 0.121. The van der Waals surface area contributed by atoms with Gasteiger partial charge >= 0.3 is 12.2 Å². The predicted molar refractivity (Wildman–Crippen MR) is 118 cm³/mol. The van der Waals surface area contributed by atoms with Gasteiger partial charge in [-0.15, -0.1) is 5.10 Å². The number of methoxy groups -OCH3 is 1. The van der Waals surface area contributed by atoms with Crippen LogP contribution in [0.25, 0.3) is 17.1 Å². The Labute approximate surface area is 188 Å². The van der Waals surface area contributed by atoms with Gasteiger partial charge in [0.2, 0.25) is 0 Å². The molecular weight excluding hydrogens is 433 g/mol. The minimum atomic E-state index is -4.42. The van der Waals surface area contributed by atoms with E-state index in [9.17, 15) is 13.2 Å². The standard InChI is InChI=1S/C24H21F3N4O2/c1-32-21-12-2-16(3-13-21)14-15-33-23-29-22(17-4-6-18(7-5-17)24(25,26)27)31(30-23)20-10-8-19(28)9-11-20/h2-13H,14-15,28H2,1H3. The highest BCUT2D eigenvalue weighted by atomic mass is 19.4. The molecule has 0 aliphatic heterocycles. The summed E-state index contributed by atoms with van der Waals surface area (Å²) in [6, 6.07) is 19.4. The molecule has 1 aromatic heterocycles. The van der Waals surface area contributed by atoms with Crippen molar-refractivity contribution >= 4 is 5.69 Å². The smallest absolute Gasteiger partial charge is 0.416 e. The first-order chi connectivity index (χ1) is 15.8. The molecule has 3 aromatic carbocycles. The summed E-state index contributed by atoms with van der Waals surface area (Å²) in [4.78, 5) is 4.43. The zero-order valence-corrected chi connectivity index (χ0v) is 17.7. The molecule has 0 atom stereocenters. The highest BCUT2D eigenvalue weighted by Gasteiger charge is 2.30. The van der Waals surface area contributed by atoms with Gasteiger partial charge < -0.3 is 15.2 Å². The average molecular weight is 454 g/mol. The number of hydrogen-bond acceptors (Lipinski definition) is 5. The van der Waals surface area contributed by atoms with Crippen LogP contribution in [0.4, 0.5) is 18.9 Å². The van der Waals surface area contributed by atoms with E-state index >= 15 is 0 Å². The Kier molecular flexibility index (Phi) is 6.21. The SMILES string of the molecule is COc1ccc(CCOc2nc(-c3ccc(C(F)(F)F)cc3)n(-c3ccc(N)cc3)n2)cc1. The third-order valence-electron chi connectivity index (χ3n) is 4.98. The molecule has 0 fully saturated rings. The monoisotopic (exact) mass is 454 g/mol. The second-order valence-electron chi connectivity index (χ2n) is 7.24. The molecule has 170 valence electrons. The van der Waals surface area contributed by atoms with Crippen molar-refractivity contribution in [2.24, 2.45) is 0 Å². The fourth-order valence-corrected chi connectivity index (χ4v) is 3.20. The molecule has 9 heteroatoms. The van der Waals surface area contributed by atoms with Gasteiger partial charge in [-0.25, -0.2) is 4.68 Å². The number of anilines is 1. The van der Waals surface area contributed by atoms with Crippen molar-refractivity contribution in [2.45, 2.75) is 12.6 Å². The van der Waals surface area contributed by atoms with Gasteiger partial charge in [-0.3, -0.25) is 0 Å². The van der Waals surface area contributed by atoms with Gasteiger partial charge in [-0.05, 0) is 54.1 Å². The lowest BCUT2D eigenvalue weighted by molar-refractivity contribution is -0.137. The molecule has 0 radical (unpaired) electrons. The van der Waals surface area contributed by atoms with Gasteiger partial charge in [0.1, 0.15) is 5.75 Å². The van der Waals surface area contributed by atoms with E-state index in [-0.39, 0.29) is 6.01 Å². The number of hydrogen-bond donors (Lipinski definition) is 1. The average Bonchev–Trinajstić information content (AvgIpc) is 3.24. The van der Waals surface area contributed by atoms with Crippen molar-refractivity contribution in [3.8, 4) is 28.8 Å². The molecule has 2 N–H and O–H groups in total. The maximum absolute atomic E-state index is 13.0. The molecule has 0 spiro atoms. The molecule has 6 nitrogen and oxygen atoms in total. The lowest BCUT2D eigenvalue weighted by Gasteiger charge is -2.08. The summed E-state index contributed by atoms with van der Waals surface area (Å²) in [7, 11) is 1.61. The van der Waals surface area contributed by atoms with Crippen LogP contribution >= 0.6 is 0 Å². The number of nitrogens with two attached hydrogens (primary N) is 1. The summed E-state index contributed by atoms with van der Waals surface area (Å²) in [5, 5.41) is 4.42. The number of benzene rings is 3. The molecular formula is C24H21F3N4O2. The van der Waals surface area contributed by atoms with Gasteiger partial charge in [-0.1, -0.05) is 24.3 Å². The lowest BCUT2D eigenvalue weighted by atomic mass is 10.1. The number of aromatic nitrogens is 3. The van der Waals surface area contributed by atoms with Crippen LogP contribution in [0.5, 0.6) is 11.8 Å². The van der Waals surface area contributed by atoms with Gasteiger partial charge in [-0.2, -0.15) is 18.2 Å². The van der Waals surface area contributed by atoms with Crippen molar-refractivity contribution < 1.29 is 22.6 Å². The fraction of sp³-hybridized carbons (Fsp3) is 0.167. The number of rotatable bonds is 7. The Hall–Kier alpha value is -4.01. The molecule has 4 rings (SSSR count). The Morgan fingerprint density at radius 3 is 2.18 bits per heavy atom. The van der Waals surface area contributed by atoms with Crippen LogP contribution < -0.4 is 15.2 Å². The molecule has 0 bridgehead atoms. The van der Waals surface area contributed by atoms with E-state index in [1.807, 2.05) is 24.3 Å². The largest absolute Gasteiger partial charge is 0.497 e. The zero-order chi connectivity index (χ0) is 23.4. The van der Waals surface area contributed by atoms with Crippen LogP contribution in [-0.4, -0.2) is 28.5 Å². The molecule has 0 amide bonds. The predicted octanol–water partition coefficient (Wildman–Crippen LogP) is 5.17. The summed E-state index contributed by atoms with van der Waals surface area (Å²) in [6.45, 7) is 0.324. The first-order valence-electron chi connectivity index (χ1n) is 10.1. The van der Waals surface area contributed by atoms with E-state index in [2.05, 4.69) is 10.1 Å². The Morgan fingerprint density at radius 1 is 0.909 bits per heavy atom. The number of nitrogens with zero attached hydrogens (tertiary/aromatic N) is 3. The van der Waals surface area contributed by atoms with Crippen LogP contribution in [0.15, 0.2) is 72.8 Å². The second-order valence-corrected chi connectivity index (χ2v) is 7.24. The van der Waals surface area contributed by atoms with Crippen LogP contribution in [-0.2, 0) is 12.6 Å². The zero-order valence-electron chi connectivity index (χ0n) is 17.7. The van der Waals surface area contributed by atoms with Crippen LogP contribution in [0.1, 0.15) is 11.1 Å². The van der Waals surface area contributed by atoms with E-state index in [0.29, 0.717) is 35.8 Å². The van der Waals surface area contributed by atoms with E-state index in [0.717, 1.165) is 23.4 Å². The van der Waals surface area contributed by atoms with Crippen molar-refractivity contribution in [1.29, 1.82) is 0 Å². The summed E-state index contributed by atoms with van der Waals surface area (Å²) < 4.78 is 51.3. The van der Waals surface area contributed by atoms with E-state index in [4.69, 9.17) is 15.2 Å². The number of ether oxygens (including phenoxy) is 2. The van der Waals surface area contributed by atoms with Gasteiger partial charge in [0.05, 0.1) is 25.0 Å². The quantitative estimate of drug-likeness (QED) is 0.390. The number of halogens is 3. The van der Waals surface area contributed by atoms with Crippen LogP contribution in [0, 0.1) is 0 Å². The number of nitrogen functional groups attached to an aromatic ring is 1. The summed E-state index contributed by atoms with van der Waals surface area (Å²) >= 11 is 0. The molecule has 0 saturated heterocycles. The topological polar surface area (TPSA) is 75.2 Å². The van der Waals surface area contributed by atoms with Crippen molar-refractivity contribution in [3.05, 3.63) is 83.9 Å². The molecule has 1 heterocycles. The molecule has 33 heavy (non-hydrogen) atoms. The Bertz CT molecular complexity index is 1200. The molecule has 0 aliphatic rings. The minimum Gasteiger partial charge on any atom is -0.497 e. The molecule has 0 unspecified atom stereocenters. The maximum Gasteiger partial charge on any atom is 0.416 e. The normalized spacial score (nSPS) is 11.4. The summed E-state index contributed by atoms with van der Waals surface area (Å²) in [5.41, 5.74) is 7.78.